The van der Waals surface area contributed by atoms with Crippen LogP contribution >= 0.6 is 23.1 Å². The zero-order valence-electron chi connectivity index (χ0n) is 9.74. The lowest BCUT2D eigenvalue weighted by atomic mass is 10.1. The summed E-state index contributed by atoms with van der Waals surface area (Å²) in [7, 11) is 0. The molecular formula is C12H20N2S2. The van der Waals surface area contributed by atoms with Gasteiger partial charge in [0.1, 0.15) is 0 Å². The Morgan fingerprint density at radius 3 is 2.88 bits per heavy atom. The maximum Gasteiger partial charge on any atom is 0.0377 e. The Hall–Kier alpha value is -0.0300. The van der Waals surface area contributed by atoms with Gasteiger partial charge < -0.3 is 0 Å². The van der Waals surface area contributed by atoms with E-state index in [-0.39, 0.29) is 0 Å². The van der Waals surface area contributed by atoms with Gasteiger partial charge in [-0.05, 0) is 43.6 Å². The summed E-state index contributed by atoms with van der Waals surface area (Å²) in [6.07, 6.45) is 4.88. The SMILES string of the molecule is CCc1ccc(CC(NN)C2CCCS2)s1. The molecule has 0 amide bonds. The van der Waals surface area contributed by atoms with Crippen LogP contribution in [0.4, 0.5) is 0 Å². The molecule has 16 heavy (non-hydrogen) atoms. The van der Waals surface area contributed by atoms with E-state index in [0.29, 0.717) is 11.3 Å². The molecule has 0 radical (unpaired) electrons. The van der Waals surface area contributed by atoms with Gasteiger partial charge in [0.2, 0.25) is 0 Å². The summed E-state index contributed by atoms with van der Waals surface area (Å²) in [4.78, 5) is 2.94. The van der Waals surface area contributed by atoms with Crippen molar-refractivity contribution in [1.82, 2.24) is 5.43 Å². The molecule has 2 atom stereocenters. The minimum absolute atomic E-state index is 0.441. The summed E-state index contributed by atoms with van der Waals surface area (Å²) in [5.74, 6) is 6.98. The van der Waals surface area contributed by atoms with Crippen molar-refractivity contribution in [2.24, 2.45) is 5.84 Å². The third-order valence-corrected chi connectivity index (χ3v) is 5.88. The van der Waals surface area contributed by atoms with Crippen molar-refractivity contribution in [3.05, 3.63) is 21.9 Å². The topological polar surface area (TPSA) is 38.0 Å². The predicted octanol–water partition coefficient (Wildman–Crippen LogP) is 2.58. The van der Waals surface area contributed by atoms with Gasteiger partial charge in [0, 0.05) is 21.0 Å². The smallest absolute Gasteiger partial charge is 0.0377 e. The maximum atomic E-state index is 5.68. The molecule has 2 unspecified atom stereocenters. The van der Waals surface area contributed by atoms with E-state index in [1.807, 2.05) is 11.3 Å². The van der Waals surface area contributed by atoms with E-state index in [0.717, 1.165) is 12.8 Å². The van der Waals surface area contributed by atoms with E-state index >= 15 is 0 Å². The molecule has 1 aromatic heterocycles. The van der Waals surface area contributed by atoms with Gasteiger partial charge in [0.05, 0.1) is 0 Å². The van der Waals surface area contributed by atoms with Crippen molar-refractivity contribution in [3.8, 4) is 0 Å². The number of hydrogen-bond acceptors (Lipinski definition) is 4. The first kappa shape index (κ1) is 12.4. The number of nitrogens with two attached hydrogens (primary N) is 1. The van der Waals surface area contributed by atoms with Gasteiger partial charge in [-0.15, -0.1) is 11.3 Å². The van der Waals surface area contributed by atoms with Crippen molar-refractivity contribution in [3.63, 3.8) is 0 Å². The number of rotatable bonds is 5. The highest BCUT2D eigenvalue weighted by molar-refractivity contribution is 8.00. The molecule has 3 N–H and O–H groups in total. The van der Waals surface area contributed by atoms with Crippen LogP contribution < -0.4 is 11.3 Å². The minimum Gasteiger partial charge on any atom is -0.271 e. The quantitative estimate of drug-likeness (QED) is 0.628. The fourth-order valence-electron chi connectivity index (χ4n) is 2.16. The summed E-state index contributed by atoms with van der Waals surface area (Å²) in [5, 5.41) is 0.706. The lowest BCUT2D eigenvalue weighted by molar-refractivity contribution is 0.498. The molecule has 2 nitrogen and oxygen atoms in total. The lowest BCUT2D eigenvalue weighted by Gasteiger charge is -2.21. The maximum absolute atomic E-state index is 5.68. The minimum atomic E-state index is 0.441. The molecule has 0 saturated carbocycles. The Balaban J connectivity index is 1.94. The van der Waals surface area contributed by atoms with Crippen LogP contribution in [0, 0.1) is 0 Å². The van der Waals surface area contributed by atoms with E-state index in [1.165, 1.54) is 28.3 Å². The van der Waals surface area contributed by atoms with Gasteiger partial charge >= 0.3 is 0 Å². The number of nitrogens with one attached hydrogen (secondary N) is 1. The molecule has 0 aromatic carbocycles. The summed E-state index contributed by atoms with van der Waals surface area (Å²) in [5.41, 5.74) is 3.01. The molecule has 1 fully saturated rings. The van der Waals surface area contributed by atoms with Crippen LogP contribution in [0.2, 0.25) is 0 Å². The number of thioether (sulfide) groups is 1. The van der Waals surface area contributed by atoms with Crippen molar-refractivity contribution < 1.29 is 0 Å². The van der Waals surface area contributed by atoms with Crippen LogP contribution in [0.1, 0.15) is 29.5 Å². The van der Waals surface area contributed by atoms with Crippen LogP contribution in [0.15, 0.2) is 12.1 Å². The number of hydrazine groups is 1. The van der Waals surface area contributed by atoms with Gasteiger partial charge in [0.15, 0.2) is 0 Å². The molecule has 1 aromatic rings. The highest BCUT2D eigenvalue weighted by Crippen LogP contribution is 2.30. The van der Waals surface area contributed by atoms with Crippen molar-refractivity contribution in [1.29, 1.82) is 0 Å². The first-order valence-electron chi connectivity index (χ1n) is 5.98. The van der Waals surface area contributed by atoms with E-state index in [4.69, 9.17) is 5.84 Å². The summed E-state index contributed by atoms with van der Waals surface area (Å²) >= 11 is 4.00. The summed E-state index contributed by atoms with van der Waals surface area (Å²) in [6.45, 7) is 2.21. The van der Waals surface area contributed by atoms with Gasteiger partial charge in [-0.25, -0.2) is 0 Å². The van der Waals surface area contributed by atoms with E-state index in [9.17, 15) is 0 Å². The fraction of sp³-hybridized carbons (Fsp3) is 0.667. The number of thiophene rings is 1. The molecule has 1 aliphatic heterocycles. The Bertz CT molecular complexity index is 319. The second kappa shape index (κ2) is 6.05. The fourth-order valence-corrected chi connectivity index (χ4v) is 4.55. The van der Waals surface area contributed by atoms with Crippen LogP contribution in [-0.4, -0.2) is 17.0 Å². The molecule has 0 spiro atoms. The summed E-state index contributed by atoms with van der Waals surface area (Å²) < 4.78 is 0. The first-order chi connectivity index (χ1) is 7.83. The van der Waals surface area contributed by atoms with Crippen LogP contribution in [-0.2, 0) is 12.8 Å². The lowest BCUT2D eigenvalue weighted by Crippen LogP contribution is -2.43. The zero-order valence-corrected chi connectivity index (χ0v) is 11.4. The van der Waals surface area contributed by atoms with Gasteiger partial charge in [-0.1, -0.05) is 6.92 Å². The van der Waals surface area contributed by atoms with Gasteiger partial charge in [0.25, 0.3) is 0 Å². The molecule has 1 aliphatic rings. The van der Waals surface area contributed by atoms with Crippen LogP contribution in [0.25, 0.3) is 0 Å². The first-order valence-corrected chi connectivity index (χ1v) is 7.85. The number of hydrogen-bond donors (Lipinski definition) is 2. The Morgan fingerprint density at radius 2 is 2.31 bits per heavy atom. The average Bonchev–Trinajstić information content (AvgIpc) is 2.96. The normalized spacial score (nSPS) is 22.5. The number of aryl methyl sites for hydroxylation is 1. The third-order valence-electron chi connectivity index (χ3n) is 3.11. The average molecular weight is 256 g/mol. The van der Waals surface area contributed by atoms with Gasteiger partial charge in [-0.2, -0.15) is 11.8 Å². The Labute approximate surface area is 106 Å². The van der Waals surface area contributed by atoms with E-state index in [2.05, 4.69) is 36.2 Å². The van der Waals surface area contributed by atoms with Gasteiger partial charge in [-0.3, -0.25) is 11.3 Å². The second-order valence-corrected chi connectivity index (χ2v) is 6.85. The highest BCUT2D eigenvalue weighted by atomic mass is 32.2. The third kappa shape index (κ3) is 3.00. The molecular weight excluding hydrogens is 236 g/mol. The Kier molecular flexibility index (Phi) is 4.70. The predicted molar refractivity (Wildman–Crippen MR) is 74.0 cm³/mol. The van der Waals surface area contributed by atoms with Crippen molar-refractivity contribution in [2.45, 2.75) is 43.9 Å². The largest absolute Gasteiger partial charge is 0.271 e. The molecule has 90 valence electrons. The molecule has 0 aliphatic carbocycles. The second-order valence-electron chi connectivity index (χ2n) is 4.25. The molecule has 2 rings (SSSR count). The van der Waals surface area contributed by atoms with E-state index in [1.54, 1.807) is 0 Å². The standard InChI is InChI=1S/C12H20N2S2/c1-2-9-5-6-10(16-9)8-11(14-13)12-4-3-7-15-12/h5-6,11-12,14H,2-4,7-8,13H2,1H3. The molecule has 2 heterocycles. The molecule has 0 bridgehead atoms. The zero-order chi connectivity index (χ0) is 11.4. The Morgan fingerprint density at radius 1 is 1.50 bits per heavy atom. The van der Waals surface area contributed by atoms with Crippen LogP contribution in [0.3, 0.4) is 0 Å². The van der Waals surface area contributed by atoms with Crippen molar-refractivity contribution in [2.75, 3.05) is 5.75 Å². The van der Waals surface area contributed by atoms with Crippen molar-refractivity contribution >= 4 is 23.1 Å². The summed E-state index contributed by atoms with van der Waals surface area (Å²) in [6, 6.07) is 4.94. The molecule has 4 heteroatoms. The highest BCUT2D eigenvalue weighted by Gasteiger charge is 2.25. The van der Waals surface area contributed by atoms with Crippen LogP contribution in [0.5, 0.6) is 0 Å². The molecule has 1 saturated heterocycles. The monoisotopic (exact) mass is 256 g/mol. The van der Waals surface area contributed by atoms with E-state index < -0.39 is 0 Å².